The largest absolute Gasteiger partial charge is 0.818 e. The van der Waals surface area contributed by atoms with E-state index in [1.54, 1.807) is 0 Å². The second-order valence-corrected chi connectivity index (χ2v) is 3.45. The van der Waals surface area contributed by atoms with E-state index in [4.69, 9.17) is 21.3 Å². The van der Waals surface area contributed by atoms with Gasteiger partial charge in [-0.25, -0.2) is 0 Å². The Kier molecular flexibility index (Phi) is 6.10. The van der Waals surface area contributed by atoms with Gasteiger partial charge in [0.15, 0.2) is 12.2 Å². The molecule has 2 atom stereocenters. The first-order chi connectivity index (χ1) is 7.42. The summed E-state index contributed by atoms with van der Waals surface area (Å²) in [6.45, 7) is 2.40. The van der Waals surface area contributed by atoms with Crippen LogP contribution in [0.1, 0.15) is 13.8 Å². The van der Waals surface area contributed by atoms with Crippen molar-refractivity contribution in [2.24, 2.45) is 0 Å². The molecule has 0 aromatic rings. The molecule has 2 unspecified atom stereocenters. The van der Waals surface area contributed by atoms with Crippen molar-refractivity contribution in [3.63, 3.8) is 0 Å². The van der Waals surface area contributed by atoms with E-state index < -0.39 is 32.3 Å². The lowest BCUT2D eigenvalue weighted by atomic mass is 10.4. The van der Waals surface area contributed by atoms with E-state index >= 15 is 0 Å². The van der Waals surface area contributed by atoms with E-state index in [-0.39, 0.29) is 0 Å². The van der Waals surface area contributed by atoms with Crippen molar-refractivity contribution in [2.45, 2.75) is 26.1 Å². The van der Waals surface area contributed by atoms with Gasteiger partial charge in [-0.3, -0.25) is 0 Å². The minimum absolute atomic E-state index is 0.635. The second-order valence-electron chi connectivity index (χ2n) is 2.63. The fraction of sp³-hybridized carbons (Fsp3) is 0.667. The van der Waals surface area contributed by atoms with Crippen LogP contribution in [0.2, 0.25) is 0 Å². The van der Waals surface area contributed by atoms with Gasteiger partial charge in [-0.15, -0.1) is 18.6 Å². The maximum absolute atomic E-state index is 11.1. The van der Waals surface area contributed by atoms with Crippen molar-refractivity contribution in [1.82, 2.24) is 0 Å². The number of rotatable bonds is 4. The molecule has 88 valence electrons. The zero-order valence-electron chi connectivity index (χ0n) is 8.51. The molecule has 0 heterocycles. The third kappa shape index (κ3) is 4.75. The van der Waals surface area contributed by atoms with Gasteiger partial charge in [0.05, 0.1) is 0 Å². The molecule has 10 heteroatoms. The Morgan fingerprint density at radius 2 is 1.44 bits per heavy atom. The van der Waals surface area contributed by atoms with E-state index in [9.17, 15) is 4.57 Å². The topological polar surface area (TPSA) is 149 Å². The van der Waals surface area contributed by atoms with Crippen molar-refractivity contribution in [2.75, 3.05) is 0 Å². The van der Waals surface area contributed by atoms with Crippen LogP contribution >= 0.6 is 8.25 Å². The quantitative estimate of drug-likeness (QED) is 0.230. The van der Waals surface area contributed by atoms with E-state index in [2.05, 4.69) is 18.6 Å². The lowest BCUT2D eigenvalue weighted by molar-refractivity contribution is -0.0502. The standard InChI is InChI=1S/C6H10N4O5P/c1-3(11)5(9-7)14-16(13)15-6(10-8)4(2)12/h3-4,11-12H,1-2H3/q+1. The maximum atomic E-state index is 11.1. The van der Waals surface area contributed by atoms with Crippen LogP contribution in [0.15, 0.2) is 0 Å². The number of hydrogen-bond donors (Lipinski definition) is 2. The van der Waals surface area contributed by atoms with Crippen LogP contribution in [0, 0.1) is 0 Å². The highest BCUT2D eigenvalue weighted by Gasteiger charge is 2.40. The van der Waals surface area contributed by atoms with E-state index in [1.807, 2.05) is 0 Å². The molecular formula is C6H10N4O5P+. The lowest BCUT2D eigenvalue weighted by Crippen LogP contribution is -2.21. The molecule has 0 fully saturated rings. The number of aliphatic hydroxyl groups excluding tert-OH is 2. The third-order valence-electron chi connectivity index (χ3n) is 1.25. The first-order valence-electron chi connectivity index (χ1n) is 4.05. The summed E-state index contributed by atoms with van der Waals surface area (Å²) in [5.41, 5.74) is 16.7. The summed E-state index contributed by atoms with van der Waals surface area (Å²) in [6.07, 6.45) is -2.60. The van der Waals surface area contributed by atoms with Crippen LogP contribution in [-0.4, -0.2) is 43.8 Å². The van der Waals surface area contributed by atoms with Crippen LogP contribution in [-0.2, 0) is 13.6 Å². The Hall–Kier alpha value is -1.62. The number of aliphatic hydroxyl groups is 2. The lowest BCUT2D eigenvalue weighted by Gasteiger charge is -1.91. The van der Waals surface area contributed by atoms with Crippen molar-refractivity contribution in [3.8, 4) is 0 Å². The Morgan fingerprint density at radius 1 is 1.12 bits per heavy atom. The predicted octanol–water partition coefficient (Wildman–Crippen LogP) is -0.305. The molecule has 0 saturated carbocycles. The average Bonchev–Trinajstić information content (AvgIpc) is 2.21. The minimum Gasteiger partial charge on any atom is -0.378 e. The van der Waals surface area contributed by atoms with Crippen LogP contribution in [0.25, 0.3) is 11.1 Å². The van der Waals surface area contributed by atoms with Gasteiger partial charge in [0, 0.05) is 4.57 Å². The highest BCUT2D eigenvalue weighted by molar-refractivity contribution is 7.34. The van der Waals surface area contributed by atoms with Gasteiger partial charge in [0.1, 0.15) is 0 Å². The Morgan fingerprint density at radius 3 is 1.62 bits per heavy atom. The maximum Gasteiger partial charge on any atom is 0.818 e. The molecule has 9 nitrogen and oxygen atoms in total. The summed E-state index contributed by atoms with van der Waals surface area (Å²) in [7, 11) is -2.89. The summed E-state index contributed by atoms with van der Waals surface area (Å²) in [5, 5.41) is 17.9. The summed E-state index contributed by atoms with van der Waals surface area (Å²) >= 11 is 0. The third-order valence-corrected chi connectivity index (χ3v) is 1.92. The molecule has 2 N–H and O–H groups in total. The van der Waals surface area contributed by atoms with Gasteiger partial charge in [-0.2, -0.15) is 0 Å². The van der Waals surface area contributed by atoms with Crippen molar-refractivity contribution >= 4 is 20.1 Å². The van der Waals surface area contributed by atoms with E-state index in [1.165, 1.54) is 13.8 Å². The van der Waals surface area contributed by atoms with Gasteiger partial charge < -0.3 is 21.3 Å². The summed E-state index contributed by atoms with van der Waals surface area (Å²) in [5.74, 6) is -1.27. The van der Waals surface area contributed by atoms with Gasteiger partial charge in [0.2, 0.25) is 0 Å². The zero-order chi connectivity index (χ0) is 12.7. The number of nitrogens with zero attached hydrogens (tertiary/aromatic N) is 4. The molecule has 0 spiro atoms. The fourth-order valence-electron chi connectivity index (χ4n) is 0.528. The molecule has 0 aliphatic rings. The van der Waals surface area contributed by atoms with Crippen molar-refractivity contribution in [3.05, 3.63) is 11.1 Å². The monoisotopic (exact) mass is 249 g/mol. The van der Waals surface area contributed by atoms with Gasteiger partial charge in [0.25, 0.3) is 0 Å². The molecule has 16 heavy (non-hydrogen) atoms. The molecule has 0 amide bonds. The molecule has 0 rings (SSSR count). The molecule has 0 radical (unpaired) electrons. The fourth-order valence-corrected chi connectivity index (χ4v) is 1.25. The smallest absolute Gasteiger partial charge is 0.378 e. The number of hydrogen-bond acceptors (Lipinski definition) is 5. The van der Waals surface area contributed by atoms with Gasteiger partial charge >= 0.3 is 20.1 Å². The Labute approximate surface area is 91.4 Å². The molecule has 0 aromatic heterocycles. The average molecular weight is 249 g/mol. The second kappa shape index (κ2) is 6.79. The molecule has 0 aliphatic heterocycles. The van der Waals surface area contributed by atoms with Gasteiger partial charge in [-0.05, 0) is 13.8 Å². The van der Waals surface area contributed by atoms with Crippen LogP contribution in [0.4, 0.5) is 0 Å². The molecule has 0 aliphatic carbocycles. The molecule has 0 bridgehead atoms. The van der Waals surface area contributed by atoms with Crippen LogP contribution < -0.4 is 0 Å². The normalized spacial score (nSPS) is 13.9. The van der Waals surface area contributed by atoms with E-state index in [0.717, 1.165) is 0 Å². The molecule has 0 aromatic carbocycles. The SMILES string of the molecule is CC(O)C(=[N+]=[N-])O[P+](=O)OC(=[N+]=[N-])C(C)O. The highest BCUT2D eigenvalue weighted by atomic mass is 31.1. The zero-order valence-corrected chi connectivity index (χ0v) is 9.40. The van der Waals surface area contributed by atoms with Crippen molar-refractivity contribution < 1.29 is 33.4 Å². The summed E-state index contributed by atoms with van der Waals surface area (Å²) < 4.78 is 19.8. The molecule has 0 saturated heterocycles. The van der Waals surface area contributed by atoms with Gasteiger partial charge in [-0.1, -0.05) is 0 Å². The minimum atomic E-state index is -2.89. The predicted molar refractivity (Wildman–Crippen MR) is 50.4 cm³/mol. The van der Waals surface area contributed by atoms with E-state index in [0.29, 0.717) is 0 Å². The Balaban J connectivity index is 4.51. The first-order valence-corrected chi connectivity index (χ1v) is 5.15. The molecular weight excluding hydrogens is 239 g/mol. The highest BCUT2D eigenvalue weighted by Crippen LogP contribution is 2.25. The summed E-state index contributed by atoms with van der Waals surface area (Å²) in [6, 6.07) is 0. The summed E-state index contributed by atoms with van der Waals surface area (Å²) in [4.78, 5) is 5.04. The van der Waals surface area contributed by atoms with Crippen LogP contribution in [0.3, 0.4) is 0 Å². The first kappa shape index (κ1) is 14.4. The van der Waals surface area contributed by atoms with Crippen LogP contribution in [0.5, 0.6) is 0 Å². The van der Waals surface area contributed by atoms with Crippen molar-refractivity contribution in [1.29, 1.82) is 0 Å². The Bertz CT molecular complexity index is 335.